The Labute approximate surface area is 186 Å². The highest BCUT2D eigenvalue weighted by Gasteiger charge is 2.32. The van der Waals surface area contributed by atoms with E-state index < -0.39 is 15.5 Å². The molecule has 0 saturated heterocycles. The molecule has 0 aliphatic carbocycles. The van der Waals surface area contributed by atoms with Crippen molar-refractivity contribution in [2.75, 3.05) is 5.75 Å². The molecule has 0 spiro atoms. The van der Waals surface area contributed by atoms with E-state index in [-0.39, 0.29) is 12.2 Å². The average Bonchev–Trinajstić information content (AvgIpc) is 3.17. The first-order valence-corrected chi connectivity index (χ1v) is 11.8. The van der Waals surface area contributed by atoms with Crippen LogP contribution in [0, 0.1) is 0 Å². The van der Waals surface area contributed by atoms with Gasteiger partial charge in [0.1, 0.15) is 0 Å². The van der Waals surface area contributed by atoms with Gasteiger partial charge in [-0.25, -0.2) is 9.50 Å². The first kappa shape index (κ1) is 21.5. The molecule has 0 saturated carbocycles. The van der Waals surface area contributed by atoms with Gasteiger partial charge in [0, 0.05) is 22.2 Å². The SMILES string of the molecule is CC(CCS(=O)(=O)O)(Cc1ccccc1)c1ccnc2c(-c3ccc(Cl)cc3)cnn12. The molecular weight excluding hydrogens is 434 g/mol. The summed E-state index contributed by atoms with van der Waals surface area (Å²) in [6.07, 6.45) is 4.28. The second-order valence-electron chi connectivity index (χ2n) is 7.89. The van der Waals surface area contributed by atoms with Crippen molar-refractivity contribution in [3.05, 3.63) is 89.3 Å². The molecule has 2 aromatic heterocycles. The summed E-state index contributed by atoms with van der Waals surface area (Å²) in [5, 5.41) is 5.23. The lowest BCUT2D eigenvalue weighted by Crippen LogP contribution is -2.31. The Bertz CT molecular complexity index is 1310. The van der Waals surface area contributed by atoms with E-state index in [1.807, 2.05) is 67.6 Å². The van der Waals surface area contributed by atoms with E-state index in [4.69, 9.17) is 11.6 Å². The van der Waals surface area contributed by atoms with Gasteiger partial charge in [-0.05, 0) is 42.2 Å². The van der Waals surface area contributed by atoms with Gasteiger partial charge in [-0.3, -0.25) is 4.55 Å². The largest absolute Gasteiger partial charge is 0.286 e. The molecule has 6 nitrogen and oxygen atoms in total. The fourth-order valence-electron chi connectivity index (χ4n) is 3.89. The summed E-state index contributed by atoms with van der Waals surface area (Å²) in [5.74, 6) is -0.342. The van der Waals surface area contributed by atoms with Crippen LogP contribution in [0.4, 0.5) is 0 Å². The molecule has 1 atom stereocenters. The number of nitrogens with zero attached hydrogens (tertiary/aromatic N) is 3. The monoisotopic (exact) mass is 455 g/mol. The summed E-state index contributed by atoms with van der Waals surface area (Å²) >= 11 is 6.02. The van der Waals surface area contributed by atoms with Crippen LogP contribution in [-0.4, -0.2) is 33.3 Å². The normalized spacial score (nSPS) is 13.9. The van der Waals surface area contributed by atoms with Crippen LogP contribution in [0.3, 0.4) is 0 Å². The number of aromatic nitrogens is 3. The molecule has 2 heterocycles. The molecule has 160 valence electrons. The van der Waals surface area contributed by atoms with Crippen molar-refractivity contribution in [3.63, 3.8) is 0 Å². The van der Waals surface area contributed by atoms with Crippen molar-refractivity contribution in [3.8, 4) is 11.1 Å². The molecule has 4 rings (SSSR count). The van der Waals surface area contributed by atoms with Crippen molar-refractivity contribution in [2.45, 2.75) is 25.2 Å². The van der Waals surface area contributed by atoms with Crippen molar-refractivity contribution >= 4 is 27.4 Å². The maximum atomic E-state index is 11.6. The molecule has 2 aromatic carbocycles. The first-order valence-electron chi connectivity index (χ1n) is 9.83. The molecule has 4 aromatic rings. The second kappa shape index (κ2) is 8.42. The summed E-state index contributed by atoms with van der Waals surface area (Å²) in [4.78, 5) is 4.53. The lowest BCUT2D eigenvalue weighted by atomic mass is 9.78. The molecule has 0 amide bonds. The van der Waals surface area contributed by atoms with Crippen molar-refractivity contribution in [1.82, 2.24) is 14.6 Å². The topological polar surface area (TPSA) is 84.6 Å². The summed E-state index contributed by atoms with van der Waals surface area (Å²) in [5.41, 5.74) is 3.75. The van der Waals surface area contributed by atoms with E-state index in [1.165, 1.54) is 0 Å². The van der Waals surface area contributed by atoms with Gasteiger partial charge in [-0.15, -0.1) is 0 Å². The van der Waals surface area contributed by atoms with E-state index in [1.54, 1.807) is 16.9 Å². The van der Waals surface area contributed by atoms with Gasteiger partial charge in [0.25, 0.3) is 10.1 Å². The highest BCUT2D eigenvalue weighted by atomic mass is 35.5. The summed E-state index contributed by atoms with van der Waals surface area (Å²) < 4.78 is 34.3. The van der Waals surface area contributed by atoms with Crippen LogP contribution < -0.4 is 0 Å². The average molecular weight is 456 g/mol. The Morgan fingerprint density at radius 1 is 1.06 bits per heavy atom. The van der Waals surface area contributed by atoms with Crippen LogP contribution in [0.1, 0.15) is 24.6 Å². The van der Waals surface area contributed by atoms with Crippen molar-refractivity contribution in [1.29, 1.82) is 0 Å². The number of halogens is 1. The van der Waals surface area contributed by atoms with Crippen LogP contribution in [-0.2, 0) is 22.0 Å². The number of fused-ring (bicyclic) bond motifs is 1. The third-order valence-electron chi connectivity index (χ3n) is 5.52. The highest BCUT2D eigenvalue weighted by Crippen LogP contribution is 2.34. The van der Waals surface area contributed by atoms with Gasteiger partial charge in [-0.1, -0.05) is 61.0 Å². The third-order valence-corrected chi connectivity index (χ3v) is 6.50. The minimum atomic E-state index is -4.11. The van der Waals surface area contributed by atoms with Crippen molar-refractivity contribution in [2.24, 2.45) is 0 Å². The maximum absolute atomic E-state index is 11.6. The number of hydrogen-bond acceptors (Lipinski definition) is 4. The van der Waals surface area contributed by atoms with Crippen LogP contribution in [0.5, 0.6) is 0 Å². The van der Waals surface area contributed by atoms with Crippen LogP contribution in [0.15, 0.2) is 73.1 Å². The van der Waals surface area contributed by atoms with Crippen LogP contribution in [0.2, 0.25) is 5.02 Å². The smallest absolute Gasteiger partial charge is 0.264 e. The van der Waals surface area contributed by atoms with Gasteiger partial charge in [0.15, 0.2) is 5.65 Å². The molecule has 0 bridgehead atoms. The van der Waals surface area contributed by atoms with E-state index in [9.17, 15) is 13.0 Å². The van der Waals surface area contributed by atoms with E-state index >= 15 is 0 Å². The number of hydrogen-bond donors (Lipinski definition) is 1. The Kier molecular flexibility index (Phi) is 5.83. The maximum Gasteiger partial charge on any atom is 0.264 e. The Hall–Kier alpha value is -2.74. The van der Waals surface area contributed by atoms with Gasteiger partial charge in [0.2, 0.25) is 0 Å². The van der Waals surface area contributed by atoms with E-state index in [0.29, 0.717) is 17.1 Å². The second-order valence-corrected chi connectivity index (χ2v) is 9.90. The molecule has 8 heteroatoms. The Morgan fingerprint density at radius 2 is 1.77 bits per heavy atom. The fraction of sp³-hybridized carbons (Fsp3) is 0.217. The zero-order valence-electron chi connectivity index (χ0n) is 16.9. The zero-order valence-corrected chi connectivity index (χ0v) is 18.5. The van der Waals surface area contributed by atoms with E-state index in [0.717, 1.165) is 22.4 Å². The van der Waals surface area contributed by atoms with Crippen LogP contribution in [0.25, 0.3) is 16.8 Å². The Balaban J connectivity index is 1.82. The highest BCUT2D eigenvalue weighted by molar-refractivity contribution is 7.85. The van der Waals surface area contributed by atoms with Crippen LogP contribution >= 0.6 is 11.6 Å². The molecule has 0 aliphatic rings. The summed E-state index contributed by atoms with van der Waals surface area (Å²) in [7, 11) is -4.11. The lowest BCUT2D eigenvalue weighted by molar-refractivity contribution is 0.413. The molecule has 1 unspecified atom stereocenters. The van der Waals surface area contributed by atoms with Gasteiger partial charge in [0.05, 0.1) is 17.6 Å². The molecule has 1 N–H and O–H groups in total. The van der Waals surface area contributed by atoms with E-state index in [2.05, 4.69) is 10.1 Å². The predicted octanol–water partition coefficient (Wildman–Crippen LogP) is 4.83. The quantitative estimate of drug-likeness (QED) is 0.403. The first-order chi connectivity index (χ1) is 14.8. The van der Waals surface area contributed by atoms with Gasteiger partial charge in [-0.2, -0.15) is 13.5 Å². The molecule has 0 aliphatic heterocycles. The summed E-state index contributed by atoms with van der Waals surface area (Å²) in [6, 6.07) is 19.2. The molecule has 0 radical (unpaired) electrons. The third kappa shape index (κ3) is 4.79. The summed E-state index contributed by atoms with van der Waals surface area (Å²) in [6.45, 7) is 1.99. The molecular formula is C23H22ClN3O3S. The standard InChI is InChI=1S/C23H22ClN3O3S/c1-23(12-14-31(28,29)30,15-17-5-3-2-4-6-17)21-11-13-25-22-20(16-26-27(21)22)18-7-9-19(24)10-8-18/h2-11,13,16H,12,14-15H2,1H3,(H,28,29,30). The number of benzene rings is 2. The fourth-order valence-corrected chi connectivity index (χ4v) is 4.72. The minimum Gasteiger partial charge on any atom is -0.286 e. The molecule has 0 fully saturated rings. The lowest BCUT2D eigenvalue weighted by Gasteiger charge is -2.30. The predicted molar refractivity (Wildman–Crippen MR) is 122 cm³/mol. The minimum absolute atomic E-state index is 0.232. The Morgan fingerprint density at radius 3 is 2.45 bits per heavy atom. The molecule has 31 heavy (non-hydrogen) atoms. The number of rotatable bonds is 7. The zero-order chi connectivity index (χ0) is 22.1. The van der Waals surface area contributed by atoms with Crippen molar-refractivity contribution < 1.29 is 13.0 Å². The van der Waals surface area contributed by atoms with Gasteiger partial charge >= 0.3 is 0 Å². The van der Waals surface area contributed by atoms with Gasteiger partial charge < -0.3 is 0 Å².